The smallest absolute Gasteiger partial charge is 0.309 e. The van der Waals surface area contributed by atoms with Crippen LogP contribution in [0.1, 0.15) is 25.1 Å². The van der Waals surface area contributed by atoms with Crippen LogP contribution in [0.3, 0.4) is 0 Å². The van der Waals surface area contributed by atoms with E-state index in [9.17, 15) is 9.18 Å². The molecule has 1 saturated carbocycles. The van der Waals surface area contributed by atoms with E-state index < -0.39 is 18.1 Å². The fourth-order valence-corrected chi connectivity index (χ4v) is 3.04. The number of alkyl halides is 1. The Kier molecular flexibility index (Phi) is 3.42. The molecule has 1 aromatic carbocycles. The van der Waals surface area contributed by atoms with Crippen LogP contribution in [0, 0.1) is 11.8 Å². The number of hydrogen-bond donors (Lipinski definition) is 2. The van der Waals surface area contributed by atoms with Gasteiger partial charge in [-0.3, -0.25) is 4.79 Å². The molecule has 4 nitrogen and oxygen atoms in total. The van der Waals surface area contributed by atoms with E-state index >= 15 is 0 Å². The predicted molar refractivity (Wildman–Crippen MR) is 73.2 cm³/mol. The Morgan fingerprint density at radius 3 is 2.90 bits per heavy atom. The Balaban J connectivity index is 1.68. The van der Waals surface area contributed by atoms with Gasteiger partial charge >= 0.3 is 5.97 Å². The Hall–Kier alpha value is -1.91. The maximum absolute atomic E-state index is 13.8. The summed E-state index contributed by atoms with van der Waals surface area (Å²) in [7, 11) is 0. The molecule has 0 saturated heterocycles. The first kappa shape index (κ1) is 13.1. The molecular weight excluding hydrogens is 259 g/mol. The van der Waals surface area contributed by atoms with E-state index in [1.807, 2.05) is 24.3 Å². The van der Waals surface area contributed by atoms with Crippen molar-refractivity contribution in [3.63, 3.8) is 0 Å². The van der Waals surface area contributed by atoms with Crippen LogP contribution in [0.5, 0.6) is 0 Å². The number of H-pyrrole nitrogens is 1. The van der Waals surface area contributed by atoms with Crippen molar-refractivity contribution in [2.75, 3.05) is 0 Å². The second kappa shape index (κ2) is 5.23. The molecule has 5 heteroatoms. The van der Waals surface area contributed by atoms with Crippen LogP contribution in [0.25, 0.3) is 11.0 Å². The molecule has 0 bridgehead atoms. The third kappa shape index (κ3) is 2.53. The van der Waals surface area contributed by atoms with Crippen molar-refractivity contribution in [2.45, 2.75) is 31.9 Å². The normalized spacial score (nSPS) is 26.8. The van der Waals surface area contributed by atoms with Gasteiger partial charge in [-0.1, -0.05) is 12.1 Å². The monoisotopic (exact) mass is 276 g/mol. The second-order valence-electron chi connectivity index (χ2n) is 5.54. The van der Waals surface area contributed by atoms with Crippen LogP contribution in [0.4, 0.5) is 4.39 Å². The molecule has 106 valence electrons. The highest BCUT2D eigenvalue weighted by Crippen LogP contribution is 2.33. The molecule has 1 unspecified atom stereocenters. The Bertz CT molecular complexity index is 592. The summed E-state index contributed by atoms with van der Waals surface area (Å²) < 4.78 is 13.8. The van der Waals surface area contributed by atoms with Gasteiger partial charge in [0.05, 0.1) is 17.0 Å². The number of carbonyl (C=O) groups is 1. The van der Waals surface area contributed by atoms with Crippen molar-refractivity contribution in [3.05, 3.63) is 30.1 Å². The number of halogens is 1. The van der Waals surface area contributed by atoms with Crippen LogP contribution in [-0.2, 0) is 11.2 Å². The molecule has 2 N–H and O–H groups in total. The molecule has 2 aromatic rings. The summed E-state index contributed by atoms with van der Waals surface area (Å²) in [6.45, 7) is 0. The van der Waals surface area contributed by atoms with Gasteiger partial charge in [0.1, 0.15) is 12.0 Å². The molecule has 1 aromatic heterocycles. The molecule has 1 heterocycles. The van der Waals surface area contributed by atoms with E-state index in [0.717, 1.165) is 23.3 Å². The zero-order valence-electron chi connectivity index (χ0n) is 11.1. The lowest BCUT2D eigenvalue weighted by atomic mass is 9.79. The molecular formula is C15H17FN2O2. The van der Waals surface area contributed by atoms with E-state index in [-0.39, 0.29) is 5.92 Å². The summed E-state index contributed by atoms with van der Waals surface area (Å²) in [6.07, 6.45) is 0.918. The topological polar surface area (TPSA) is 66.0 Å². The first-order valence-electron chi connectivity index (χ1n) is 6.94. The number of para-hydroxylation sites is 2. The quantitative estimate of drug-likeness (QED) is 0.905. The summed E-state index contributed by atoms with van der Waals surface area (Å²) in [5.41, 5.74) is 1.90. The third-order valence-electron chi connectivity index (χ3n) is 4.12. The Morgan fingerprint density at radius 2 is 2.20 bits per heavy atom. The summed E-state index contributed by atoms with van der Waals surface area (Å²) in [4.78, 5) is 18.6. The largest absolute Gasteiger partial charge is 0.481 e. The number of carboxylic acids is 1. The maximum Gasteiger partial charge on any atom is 0.309 e. The van der Waals surface area contributed by atoms with Crippen molar-refractivity contribution in [1.29, 1.82) is 0 Å². The van der Waals surface area contributed by atoms with Gasteiger partial charge in [-0.25, -0.2) is 9.37 Å². The van der Waals surface area contributed by atoms with Gasteiger partial charge in [0.25, 0.3) is 0 Å². The molecule has 1 aliphatic rings. The molecule has 0 spiro atoms. The van der Waals surface area contributed by atoms with E-state index in [0.29, 0.717) is 19.3 Å². The van der Waals surface area contributed by atoms with E-state index in [1.54, 1.807) is 0 Å². The van der Waals surface area contributed by atoms with Crippen molar-refractivity contribution >= 4 is 17.0 Å². The van der Waals surface area contributed by atoms with Crippen molar-refractivity contribution in [1.82, 2.24) is 9.97 Å². The number of imidazole rings is 1. The van der Waals surface area contributed by atoms with Crippen molar-refractivity contribution in [3.8, 4) is 0 Å². The number of benzene rings is 1. The number of aliphatic carboxylic acids is 1. The van der Waals surface area contributed by atoms with Gasteiger partial charge < -0.3 is 10.1 Å². The number of nitrogens with zero attached hydrogens (tertiary/aromatic N) is 1. The predicted octanol–water partition coefficient (Wildman–Crippen LogP) is 2.94. The lowest BCUT2D eigenvalue weighted by Gasteiger charge is -2.28. The van der Waals surface area contributed by atoms with E-state index in [1.165, 1.54) is 0 Å². The van der Waals surface area contributed by atoms with Crippen LogP contribution in [0.15, 0.2) is 24.3 Å². The molecule has 0 amide bonds. The highest BCUT2D eigenvalue weighted by atomic mass is 19.1. The average molecular weight is 276 g/mol. The lowest BCUT2D eigenvalue weighted by Crippen LogP contribution is -2.32. The summed E-state index contributed by atoms with van der Waals surface area (Å²) >= 11 is 0. The Morgan fingerprint density at radius 1 is 1.40 bits per heavy atom. The zero-order chi connectivity index (χ0) is 14.1. The number of carboxylic acid groups (broad SMARTS) is 1. The molecule has 1 aliphatic carbocycles. The maximum atomic E-state index is 13.8. The first-order chi connectivity index (χ1) is 9.63. The molecule has 0 radical (unpaired) electrons. The van der Waals surface area contributed by atoms with Gasteiger partial charge in [-0.2, -0.15) is 0 Å². The minimum atomic E-state index is -1.24. The van der Waals surface area contributed by atoms with E-state index in [2.05, 4.69) is 9.97 Å². The van der Waals surface area contributed by atoms with E-state index in [4.69, 9.17) is 5.11 Å². The summed E-state index contributed by atoms with van der Waals surface area (Å²) in [5.74, 6) is -0.819. The number of aromatic amines is 1. The number of rotatable bonds is 3. The van der Waals surface area contributed by atoms with Crippen LogP contribution >= 0.6 is 0 Å². The minimum absolute atomic E-state index is 0.168. The third-order valence-corrected chi connectivity index (χ3v) is 4.12. The fourth-order valence-electron chi connectivity index (χ4n) is 3.04. The number of aromatic nitrogens is 2. The average Bonchev–Trinajstić information content (AvgIpc) is 2.80. The number of hydrogen-bond acceptors (Lipinski definition) is 2. The van der Waals surface area contributed by atoms with Crippen LogP contribution in [-0.4, -0.2) is 27.2 Å². The van der Waals surface area contributed by atoms with Crippen molar-refractivity contribution < 1.29 is 14.3 Å². The van der Waals surface area contributed by atoms with Crippen LogP contribution in [0.2, 0.25) is 0 Å². The number of nitrogens with one attached hydrogen (secondary N) is 1. The zero-order valence-corrected chi connectivity index (χ0v) is 11.1. The first-order valence-corrected chi connectivity index (χ1v) is 6.94. The highest BCUT2D eigenvalue weighted by Gasteiger charge is 2.35. The molecule has 0 aliphatic heterocycles. The van der Waals surface area contributed by atoms with Gasteiger partial charge in [-0.05, 0) is 37.3 Å². The number of fused-ring (bicyclic) bond motifs is 1. The fraction of sp³-hybridized carbons (Fsp3) is 0.467. The Labute approximate surface area is 116 Å². The summed E-state index contributed by atoms with van der Waals surface area (Å²) in [5, 5.41) is 8.92. The minimum Gasteiger partial charge on any atom is -0.481 e. The van der Waals surface area contributed by atoms with Crippen molar-refractivity contribution in [2.24, 2.45) is 11.8 Å². The SMILES string of the molecule is O=C(O)[C@@H]1CCC(Cc2nc3ccccc3[nH]2)C[C@@H]1F. The molecule has 1 fully saturated rings. The van der Waals surface area contributed by atoms with Gasteiger partial charge in [0, 0.05) is 6.42 Å². The highest BCUT2D eigenvalue weighted by molar-refractivity contribution is 5.74. The van der Waals surface area contributed by atoms with Crippen LogP contribution < -0.4 is 0 Å². The van der Waals surface area contributed by atoms with Gasteiger partial charge in [-0.15, -0.1) is 0 Å². The molecule has 20 heavy (non-hydrogen) atoms. The van der Waals surface area contributed by atoms with Gasteiger partial charge in [0.15, 0.2) is 0 Å². The standard InChI is InChI=1S/C15H17FN2O2/c16-11-7-9(5-6-10(11)15(19)20)8-14-17-12-3-1-2-4-13(12)18-14/h1-4,9-11H,5-8H2,(H,17,18)(H,19,20)/t9?,10-,11+/m1/s1. The van der Waals surface area contributed by atoms with Gasteiger partial charge in [0.2, 0.25) is 0 Å². The summed E-state index contributed by atoms with van der Waals surface area (Å²) in [6, 6.07) is 7.78. The molecule has 3 atom stereocenters. The second-order valence-corrected chi connectivity index (χ2v) is 5.54. The molecule has 3 rings (SSSR count). The lowest BCUT2D eigenvalue weighted by molar-refractivity contribution is -0.145.